The molecular formula is C14H22N2O. The van der Waals surface area contributed by atoms with E-state index in [1.165, 1.54) is 0 Å². The van der Waals surface area contributed by atoms with E-state index in [0.717, 1.165) is 5.56 Å². The second-order valence-corrected chi connectivity index (χ2v) is 5.24. The minimum Gasteiger partial charge on any atom is -0.350 e. The third-order valence-electron chi connectivity index (χ3n) is 2.87. The van der Waals surface area contributed by atoms with Gasteiger partial charge in [0.05, 0.1) is 6.04 Å². The summed E-state index contributed by atoms with van der Waals surface area (Å²) in [6.07, 6.45) is 0.459. The Hall–Kier alpha value is -1.35. The molecule has 3 N–H and O–H groups in total. The molecule has 0 aromatic heterocycles. The Kier molecular flexibility index (Phi) is 4.70. The lowest BCUT2D eigenvalue weighted by molar-refractivity contribution is -0.123. The molecule has 0 fully saturated rings. The van der Waals surface area contributed by atoms with E-state index in [-0.39, 0.29) is 17.4 Å². The molecule has 3 nitrogen and oxygen atoms in total. The number of carbonyl (C=O) groups is 1. The van der Waals surface area contributed by atoms with E-state index >= 15 is 0 Å². The second-order valence-electron chi connectivity index (χ2n) is 5.24. The van der Waals surface area contributed by atoms with Crippen molar-refractivity contribution in [1.82, 2.24) is 5.32 Å². The summed E-state index contributed by atoms with van der Waals surface area (Å²) in [7, 11) is 0. The van der Waals surface area contributed by atoms with E-state index in [4.69, 9.17) is 5.73 Å². The van der Waals surface area contributed by atoms with Crippen LogP contribution < -0.4 is 11.1 Å². The molecule has 0 aliphatic carbocycles. The van der Waals surface area contributed by atoms with Gasteiger partial charge in [0, 0.05) is 6.42 Å². The van der Waals surface area contributed by atoms with Gasteiger partial charge >= 0.3 is 0 Å². The van der Waals surface area contributed by atoms with E-state index < -0.39 is 0 Å². The summed E-state index contributed by atoms with van der Waals surface area (Å²) in [5.74, 6) is 0.0526. The predicted molar refractivity (Wildman–Crippen MR) is 70.5 cm³/mol. The lowest BCUT2D eigenvalue weighted by atomic mass is 9.89. The van der Waals surface area contributed by atoms with Gasteiger partial charge in [-0.25, -0.2) is 0 Å². The van der Waals surface area contributed by atoms with Crippen LogP contribution in [0.25, 0.3) is 0 Å². The zero-order valence-electron chi connectivity index (χ0n) is 10.9. The first-order valence-electron chi connectivity index (χ1n) is 5.99. The van der Waals surface area contributed by atoms with Crippen LogP contribution in [0.3, 0.4) is 0 Å². The molecule has 1 rings (SSSR count). The van der Waals surface area contributed by atoms with Gasteiger partial charge in [-0.3, -0.25) is 4.79 Å². The highest BCUT2D eigenvalue weighted by Crippen LogP contribution is 2.19. The fourth-order valence-corrected chi connectivity index (χ4v) is 1.62. The van der Waals surface area contributed by atoms with Gasteiger partial charge in [0.25, 0.3) is 0 Å². The average molecular weight is 234 g/mol. The van der Waals surface area contributed by atoms with Crippen LogP contribution in [0.1, 0.15) is 38.8 Å². The molecule has 1 atom stereocenters. The minimum atomic E-state index is -0.138. The quantitative estimate of drug-likeness (QED) is 0.821. The highest BCUT2D eigenvalue weighted by molar-refractivity contribution is 5.77. The van der Waals surface area contributed by atoms with Crippen LogP contribution in [-0.4, -0.2) is 12.5 Å². The topological polar surface area (TPSA) is 55.1 Å². The van der Waals surface area contributed by atoms with Crippen molar-refractivity contribution in [3.05, 3.63) is 35.9 Å². The van der Waals surface area contributed by atoms with Crippen LogP contribution in [0, 0.1) is 5.41 Å². The van der Waals surface area contributed by atoms with E-state index in [9.17, 15) is 4.79 Å². The van der Waals surface area contributed by atoms with Gasteiger partial charge in [0.1, 0.15) is 0 Å². The van der Waals surface area contributed by atoms with E-state index in [1.54, 1.807) is 0 Å². The normalized spacial score (nSPS) is 13.2. The first-order valence-corrected chi connectivity index (χ1v) is 5.99. The summed E-state index contributed by atoms with van der Waals surface area (Å²) in [6.45, 7) is 6.50. The number of hydrogen-bond acceptors (Lipinski definition) is 2. The molecule has 0 saturated carbocycles. The molecule has 3 heteroatoms. The van der Waals surface area contributed by atoms with Crippen LogP contribution in [0.5, 0.6) is 0 Å². The molecule has 17 heavy (non-hydrogen) atoms. The van der Waals surface area contributed by atoms with Crippen LogP contribution in [0.2, 0.25) is 0 Å². The number of carbonyl (C=O) groups excluding carboxylic acids is 1. The van der Waals surface area contributed by atoms with Crippen LogP contribution in [0.4, 0.5) is 0 Å². The number of nitrogens with two attached hydrogens (primary N) is 1. The van der Waals surface area contributed by atoms with Crippen molar-refractivity contribution in [2.75, 3.05) is 6.54 Å². The van der Waals surface area contributed by atoms with Crippen molar-refractivity contribution < 1.29 is 4.79 Å². The number of benzene rings is 1. The fourth-order valence-electron chi connectivity index (χ4n) is 1.62. The summed E-state index contributed by atoms with van der Waals surface area (Å²) >= 11 is 0. The summed E-state index contributed by atoms with van der Waals surface area (Å²) < 4.78 is 0. The van der Waals surface area contributed by atoms with E-state index in [0.29, 0.717) is 13.0 Å². The third kappa shape index (κ3) is 4.57. The number of hydrogen-bond donors (Lipinski definition) is 2. The molecule has 0 heterocycles. The molecular weight excluding hydrogens is 212 g/mol. The lowest BCUT2D eigenvalue weighted by Gasteiger charge is -2.23. The Morgan fingerprint density at radius 2 is 1.94 bits per heavy atom. The summed E-state index contributed by atoms with van der Waals surface area (Å²) in [5, 5.41) is 2.99. The Morgan fingerprint density at radius 1 is 1.35 bits per heavy atom. The number of rotatable bonds is 5. The third-order valence-corrected chi connectivity index (χ3v) is 2.87. The molecule has 1 amide bonds. The van der Waals surface area contributed by atoms with Crippen LogP contribution in [-0.2, 0) is 4.79 Å². The first kappa shape index (κ1) is 13.7. The van der Waals surface area contributed by atoms with Crippen molar-refractivity contribution in [2.24, 2.45) is 11.1 Å². The van der Waals surface area contributed by atoms with Crippen LogP contribution >= 0.6 is 0 Å². The van der Waals surface area contributed by atoms with Gasteiger partial charge in [-0.15, -0.1) is 0 Å². The van der Waals surface area contributed by atoms with Crippen LogP contribution in [0.15, 0.2) is 30.3 Å². The largest absolute Gasteiger partial charge is 0.350 e. The van der Waals surface area contributed by atoms with Gasteiger partial charge in [-0.05, 0) is 24.4 Å². The maximum absolute atomic E-state index is 11.8. The molecule has 0 aliphatic heterocycles. The molecule has 0 unspecified atom stereocenters. The van der Waals surface area contributed by atoms with Crippen molar-refractivity contribution in [3.63, 3.8) is 0 Å². The molecule has 0 radical (unpaired) electrons. The molecule has 0 spiro atoms. The first-order chi connectivity index (χ1) is 7.94. The number of nitrogens with one attached hydrogen (secondary N) is 1. The standard InChI is InChI=1S/C14H22N2O/c1-11(12-7-5-4-6-8-12)16-13(17)9-14(2,3)10-15/h4-8,11H,9-10,15H2,1-3H3,(H,16,17)/t11-/m1/s1. The lowest BCUT2D eigenvalue weighted by Crippen LogP contribution is -2.34. The van der Waals surface area contributed by atoms with Crippen molar-refractivity contribution in [1.29, 1.82) is 0 Å². The Bertz CT molecular complexity index is 360. The van der Waals surface area contributed by atoms with Gasteiger partial charge in [-0.1, -0.05) is 44.2 Å². The van der Waals surface area contributed by atoms with Gasteiger partial charge < -0.3 is 11.1 Å². The molecule has 1 aromatic rings. The maximum atomic E-state index is 11.8. The monoisotopic (exact) mass is 234 g/mol. The Labute approximate surface area is 103 Å². The van der Waals surface area contributed by atoms with Gasteiger partial charge in [0.15, 0.2) is 0 Å². The fraction of sp³-hybridized carbons (Fsp3) is 0.500. The van der Waals surface area contributed by atoms with E-state index in [1.807, 2.05) is 51.1 Å². The summed E-state index contributed by atoms with van der Waals surface area (Å²) in [6, 6.07) is 9.98. The van der Waals surface area contributed by atoms with Crippen molar-refractivity contribution in [3.8, 4) is 0 Å². The average Bonchev–Trinajstić information content (AvgIpc) is 2.29. The molecule has 0 bridgehead atoms. The summed E-state index contributed by atoms with van der Waals surface area (Å²) in [4.78, 5) is 11.8. The Balaban J connectivity index is 2.52. The SMILES string of the molecule is C[C@@H](NC(=O)CC(C)(C)CN)c1ccccc1. The highest BCUT2D eigenvalue weighted by atomic mass is 16.1. The molecule has 1 aromatic carbocycles. The highest BCUT2D eigenvalue weighted by Gasteiger charge is 2.21. The zero-order chi connectivity index (χ0) is 12.9. The smallest absolute Gasteiger partial charge is 0.221 e. The van der Waals surface area contributed by atoms with Crippen molar-refractivity contribution in [2.45, 2.75) is 33.2 Å². The molecule has 0 aliphatic rings. The van der Waals surface area contributed by atoms with Crippen molar-refractivity contribution >= 4 is 5.91 Å². The molecule has 0 saturated heterocycles. The maximum Gasteiger partial charge on any atom is 0.221 e. The predicted octanol–water partition coefficient (Wildman–Crippen LogP) is 2.24. The van der Waals surface area contributed by atoms with Gasteiger partial charge in [0.2, 0.25) is 5.91 Å². The minimum absolute atomic E-state index is 0.0391. The van der Waals surface area contributed by atoms with E-state index in [2.05, 4.69) is 5.32 Å². The summed E-state index contributed by atoms with van der Waals surface area (Å²) in [5.41, 5.74) is 6.60. The van der Waals surface area contributed by atoms with Gasteiger partial charge in [-0.2, -0.15) is 0 Å². The number of amides is 1. The Morgan fingerprint density at radius 3 is 2.47 bits per heavy atom. The molecule has 94 valence electrons. The zero-order valence-corrected chi connectivity index (χ0v) is 10.9. The second kappa shape index (κ2) is 5.82.